The average molecular weight is 221 g/mol. The van der Waals surface area contributed by atoms with E-state index in [2.05, 4.69) is 19.2 Å². The van der Waals surface area contributed by atoms with E-state index in [0.717, 1.165) is 17.9 Å². The van der Waals surface area contributed by atoms with Crippen LogP contribution < -0.4 is 10.1 Å². The van der Waals surface area contributed by atoms with Crippen molar-refractivity contribution in [3.05, 3.63) is 23.8 Å². The van der Waals surface area contributed by atoms with Crippen LogP contribution >= 0.6 is 0 Å². The van der Waals surface area contributed by atoms with Crippen LogP contribution in [0.25, 0.3) is 0 Å². The summed E-state index contributed by atoms with van der Waals surface area (Å²) in [6, 6.07) is 5.60. The van der Waals surface area contributed by atoms with Crippen molar-refractivity contribution < 1.29 is 9.84 Å². The molecule has 1 aromatic carbocycles. The third kappa shape index (κ3) is 2.47. The second-order valence-electron chi connectivity index (χ2n) is 4.72. The van der Waals surface area contributed by atoms with Crippen molar-refractivity contribution in [1.82, 2.24) is 5.32 Å². The number of rotatable bonds is 4. The molecule has 0 radical (unpaired) electrons. The molecule has 0 saturated carbocycles. The van der Waals surface area contributed by atoms with Gasteiger partial charge in [-0.3, -0.25) is 0 Å². The number of phenols is 1. The van der Waals surface area contributed by atoms with E-state index in [0.29, 0.717) is 12.5 Å². The Kier molecular flexibility index (Phi) is 3.34. The summed E-state index contributed by atoms with van der Waals surface area (Å²) in [6.45, 7) is 6.11. The Bertz CT molecular complexity index is 363. The Morgan fingerprint density at radius 3 is 3.06 bits per heavy atom. The first-order valence-corrected chi connectivity index (χ1v) is 5.86. The number of ether oxygens (including phenoxy) is 1. The number of aromatic hydroxyl groups is 1. The summed E-state index contributed by atoms with van der Waals surface area (Å²) in [4.78, 5) is 0. The highest BCUT2D eigenvalue weighted by Crippen LogP contribution is 2.34. The maximum atomic E-state index is 9.33. The van der Waals surface area contributed by atoms with Gasteiger partial charge in [-0.15, -0.1) is 0 Å². The van der Waals surface area contributed by atoms with Crippen LogP contribution in [0.15, 0.2) is 18.2 Å². The molecule has 1 aliphatic rings. The van der Waals surface area contributed by atoms with E-state index in [1.165, 1.54) is 6.42 Å². The number of fused-ring (bicyclic) bond motifs is 1. The third-order valence-electron chi connectivity index (χ3n) is 2.89. The van der Waals surface area contributed by atoms with E-state index in [1.807, 2.05) is 6.07 Å². The normalized spacial score (nSPS) is 18.6. The molecule has 0 aromatic heterocycles. The molecule has 16 heavy (non-hydrogen) atoms. The zero-order valence-electron chi connectivity index (χ0n) is 9.86. The van der Waals surface area contributed by atoms with Crippen molar-refractivity contribution in [3.63, 3.8) is 0 Å². The van der Waals surface area contributed by atoms with Gasteiger partial charge in [0.2, 0.25) is 0 Å². The van der Waals surface area contributed by atoms with Gasteiger partial charge in [-0.2, -0.15) is 0 Å². The van der Waals surface area contributed by atoms with Crippen LogP contribution in [0, 0.1) is 5.92 Å². The van der Waals surface area contributed by atoms with Crippen molar-refractivity contribution in [2.75, 3.05) is 13.2 Å². The molecular weight excluding hydrogens is 202 g/mol. The Morgan fingerprint density at radius 1 is 1.50 bits per heavy atom. The molecule has 88 valence electrons. The summed E-state index contributed by atoms with van der Waals surface area (Å²) in [6.07, 6.45) is 1.17. The summed E-state index contributed by atoms with van der Waals surface area (Å²) in [5.74, 6) is 1.79. The number of benzene rings is 1. The predicted molar refractivity (Wildman–Crippen MR) is 63.8 cm³/mol. The van der Waals surface area contributed by atoms with E-state index in [4.69, 9.17) is 4.74 Å². The van der Waals surface area contributed by atoms with Crippen LogP contribution in [-0.4, -0.2) is 18.3 Å². The Labute approximate surface area is 96.4 Å². The van der Waals surface area contributed by atoms with Gasteiger partial charge in [-0.05, 0) is 31.0 Å². The standard InChI is InChI=1S/C13H19NO2/c1-9(2)5-6-14-12-8-16-13-7-10(15)3-4-11(12)13/h3-4,7,9,12,14-15H,5-6,8H2,1-2H3. The molecule has 3 heteroatoms. The second-order valence-corrected chi connectivity index (χ2v) is 4.72. The van der Waals surface area contributed by atoms with Crippen molar-refractivity contribution in [2.45, 2.75) is 26.3 Å². The van der Waals surface area contributed by atoms with Crippen molar-refractivity contribution >= 4 is 0 Å². The highest BCUT2D eigenvalue weighted by Gasteiger charge is 2.23. The van der Waals surface area contributed by atoms with Gasteiger partial charge in [0, 0.05) is 11.6 Å². The van der Waals surface area contributed by atoms with Gasteiger partial charge in [0.1, 0.15) is 18.1 Å². The average Bonchev–Trinajstić information content (AvgIpc) is 2.60. The summed E-state index contributed by atoms with van der Waals surface area (Å²) in [5.41, 5.74) is 1.15. The minimum Gasteiger partial charge on any atom is -0.508 e. The molecule has 0 fully saturated rings. The maximum Gasteiger partial charge on any atom is 0.127 e. The first kappa shape index (κ1) is 11.3. The second kappa shape index (κ2) is 4.74. The molecule has 2 N–H and O–H groups in total. The van der Waals surface area contributed by atoms with E-state index in [-0.39, 0.29) is 11.8 Å². The number of hydrogen-bond donors (Lipinski definition) is 2. The number of nitrogens with one attached hydrogen (secondary N) is 1. The third-order valence-corrected chi connectivity index (χ3v) is 2.89. The molecule has 1 aromatic rings. The Morgan fingerprint density at radius 2 is 2.31 bits per heavy atom. The van der Waals surface area contributed by atoms with Crippen LogP contribution in [0.2, 0.25) is 0 Å². The molecule has 0 bridgehead atoms. The topological polar surface area (TPSA) is 41.5 Å². The van der Waals surface area contributed by atoms with E-state index < -0.39 is 0 Å². The highest BCUT2D eigenvalue weighted by atomic mass is 16.5. The molecule has 0 spiro atoms. The van der Waals surface area contributed by atoms with Crippen LogP contribution in [0.5, 0.6) is 11.5 Å². The van der Waals surface area contributed by atoms with Crippen molar-refractivity contribution in [3.8, 4) is 11.5 Å². The molecule has 0 amide bonds. The van der Waals surface area contributed by atoms with Crippen LogP contribution in [-0.2, 0) is 0 Å². The molecule has 3 nitrogen and oxygen atoms in total. The molecule has 0 saturated heterocycles. The van der Waals surface area contributed by atoms with Gasteiger partial charge in [0.15, 0.2) is 0 Å². The minimum absolute atomic E-state index is 0.265. The highest BCUT2D eigenvalue weighted by molar-refractivity contribution is 5.44. The summed E-state index contributed by atoms with van der Waals surface area (Å²) in [7, 11) is 0. The Balaban J connectivity index is 1.95. The number of phenolic OH excluding ortho intramolecular Hbond substituents is 1. The fraction of sp³-hybridized carbons (Fsp3) is 0.538. The van der Waals surface area contributed by atoms with Gasteiger partial charge >= 0.3 is 0 Å². The monoisotopic (exact) mass is 221 g/mol. The molecule has 1 heterocycles. The molecule has 1 atom stereocenters. The number of hydrogen-bond acceptors (Lipinski definition) is 3. The SMILES string of the molecule is CC(C)CCNC1COc2cc(O)ccc21. The quantitative estimate of drug-likeness (QED) is 0.820. The van der Waals surface area contributed by atoms with Gasteiger partial charge in [0.05, 0.1) is 6.04 Å². The van der Waals surface area contributed by atoms with E-state index in [1.54, 1.807) is 12.1 Å². The fourth-order valence-corrected chi connectivity index (χ4v) is 1.91. The fourth-order valence-electron chi connectivity index (χ4n) is 1.91. The summed E-state index contributed by atoms with van der Waals surface area (Å²) in [5, 5.41) is 12.8. The smallest absolute Gasteiger partial charge is 0.127 e. The van der Waals surface area contributed by atoms with Gasteiger partial charge in [-0.25, -0.2) is 0 Å². The van der Waals surface area contributed by atoms with Crippen LogP contribution in [0.4, 0.5) is 0 Å². The molecule has 2 rings (SSSR count). The molecular formula is C13H19NO2. The zero-order chi connectivity index (χ0) is 11.5. The minimum atomic E-state index is 0.265. The zero-order valence-corrected chi connectivity index (χ0v) is 9.86. The first-order chi connectivity index (χ1) is 7.66. The van der Waals surface area contributed by atoms with Gasteiger partial charge in [0.25, 0.3) is 0 Å². The molecule has 1 unspecified atom stereocenters. The lowest BCUT2D eigenvalue weighted by Gasteiger charge is -2.12. The van der Waals surface area contributed by atoms with Crippen molar-refractivity contribution in [2.24, 2.45) is 5.92 Å². The maximum absolute atomic E-state index is 9.33. The van der Waals surface area contributed by atoms with Crippen LogP contribution in [0.1, 0.15) is 31.9 Å². The van der Waals surface area contributed by atoms with Gasteiger partial charge in [-0.1, -0.05) is 13.8 Å². The summed E-state index contributed by atoms with van der Waals surface area (Å²) >= 11 is 0. The lowest BCUT2D eigenvalue weighted by molar-refractivity contribution is 0.307. The predicted octanol–water partition coefficient (Wildman–Crippen LogP) is 2.46. The van der Waals surface area contributed by atoms with Crippen LogP contribution in [0.3, 0.4) is 0 Å². The molecule has 0 aliphatic carbocycles. The lowest BCUT2D eigenvalue weighted by Crippen LogP contribution is -2.24. The van der Waals surface area contributed by atoms with Gasteiger partial charge < -0.3 is 15.2 Å². The first-order valence-electron chi connectivity index (χ1n) is 5.86. The Hall–Kier alpha value is -1.22. The van der Waals surface area contributed by atoms with E-state index >= 15 is 0 Å². The van der Waals surface area contributed by atoms with E-state index in [9.17, 15) is 5.11 Å². The lowest BCUT2D eigenvalue weighted by atomic mass is 10.1. The molecule has 1 aliphatic heterocycles. The largest absolute Gasteiger partial charge is 0.508 e. The van der Waals surface area contributed by atoms with Crippen molar-refractivity contribution in [1.29, 1.82) is 0 Å². The summed E-state index contributed by atoms with van der Waals surface area (Å²) < 4.78 is 5.53.